The Morgan fingerprint density at radius 1 is 1.00 bits per heavy atom. The van der Waals surface area contributed by atoms with Gasteiger partial charge in [-0.1, -0.05) is 36.8 Å². The highest BCUT2D eigenvalue weighted by Gasteiger charge is 2.42. The van der Waals surface area contributed by atoms with Gasteiger partial charge in [0.1, 0.15) is 0 Å². The maximum absolute atomic E-state index is 12.6. The molecular weight excluding hydrogens is 368 g/mol. The van der Waals surface area contributed by atoms with E-state index in [1.54, 1.807) is 0 Å². The number of nitrogens with one attached hydrogen (secondary N) is 2. The summed E-state index contributed by atoms with van der Waals surface area (Å²) in [6, 6.07) is 14.6. The van der Waals surface area contributed by atoms with Gasteiger partial charge >= 0.3 is 0 Å². The first-order valence-corrected chi connectivity index (χ1v) is 10.2. The number of carbonyl (C=O) groups is 2. The molecule has 2 aromatic rings. The van der Waals surface area contributed by atoms with Gasteiger partial charge in [-0.3, -0.25) is 9.59 Å². The van der Waals surface area contributed by atoms with Crippen LogP contribution in [0.5, 0.6) is 11.5 Å². The second-order valence-corrected chi connectivity index (χ2v) is 7.75. The van der Waals surface area contributed by atoms with E-state index in [1.165, 1.54) is 13.3 Å². The Kier molecular flexibility index (Phi) is 5.43. The highest BCUT2D eigenvalue weighted by molar-refractivity contribution is 5.92. The number of anilines is 1. The first-order chi connectivity index (χ1) is 14.0. The number of hydrogen-bond acceptors (Lipinski definition) is 4. The largest absolute Gasteiger partial charge is 0.448 e. The van der Waals surface area contributed by atoms with Gasteiger partial charge in [0.15, 0.2) is 11.5 Å². The van der Waals surface area contributed by atoms with Gasteiger partial charge < -0.3 is 20.1 Å². The molecule has 0 aromatic heterocycles. The number of carbonyl (C=O) groups excluding carboxylic acids is 2. The van der Waals surface area contributed by atoms with Crippen molar-refractivity contribution in [2.24, 2.45) is 0 Å². The SMILES string of the molecule is CC(=O)NC(CC(=O)Nc1ccc2c(c1)OC1(CCCCC1)O2)c1ccccc1. The van der Waals surface area contributed by atoms with E-state index in [0.717, 1.165) is 37.0 Å². The molecule has 6 nitrogen and oxygen atoms in total. The van der Waals surface area contributed by atoms with Crippen molar-refractivity contribution in [2.75, 3.05) is 5.32 Å². The van der Waals surface area contributed by atoms with E-state index in [-0.39, 0.29) is 24.3 Å². The summed E-state index contributed by atoms with van der Waals surface area (Å²) >= 11 is 0. The third kappa shape index (κ3) is 4.53. The molecule has 1 saturated carbocycles. The topological polar surface area (TPSA) is 76.7 Å². The maximum atomic E-state index is 12.6. The Bertz CT molecular complexity index is 891. The predicted octanol–water partition coefficient (Wildman–Crippen LogP) is 4.32. The van der Waals surface area contributed by atoms with E-state index in [1.807, 2.05) is 48.5 Å². The molecule has 0 radical (unpaired) electrons. The fourth-order valence-corrected chi connectivity index (χ4v) is 4.05. The standard InChI is InChI=1S/C23H26N2O4/c1-16(26)24-19(17-8-4-2-5-9-17)15-22(27)25-18-10-11-20-21(14-18)29-23(28-20)12-6-3-7-13-23/h2,4-5,8-11,14,19H,3,6-7,12-13,15H2,1H3,(H,24,26)(H,25,27). The van der Waals surface area contributed by atoms with Crippen LogP contribution < -0.4 is 20.1 Å². The zero-order chi connectivity index (χ0) is 20.3. The highest BCUT2D eigenvalue weighted by Crippen LogP contribution is 2.46. The molecule has 2 aliphatic rings. The van der Waals surface area contributed by atoms with Gasteiger partial charge in [0.05, 0.1) is 12.5 Å². The minimum absolute atomic E-state index is 0.141. The van der Waals surface area contributed by atoms with Crippen LogP contribution in [0.2, 0.25) is 0 Å². The van der Waals surface area contributed by atoms with Crippen LogP contribution in [0.4, 0.5) is 5.69 Å². The van der Waals surface area contributed by atoms with Crippen LogP contribution in [0.1, 0.15) is 57.1 Å². The van der Waals surface area contributed by atoms with Crippen molar-refractivity contribution < 1.29 is 19.1 Å². The van der Waals surface area contributed by atoms with Gasteiger partial charge in [-0.2, -0.15) is 0 Å². The minimum atomic E-state index is -0.535. The molecule has 2 aromatic carbocycles. The molecule has 1 atom stereocenters. The molecule has 2 amide bonds. The van der Waals surface area contributed by atoms with Crippen molar-refractivity contribution in [2.45, 2.75) is 57.3 Å². The summed E-state index contributed by atoms with van der Waals surface area (Å²) in [5.74, 6) is 0.510. The summed E-state index contributed by atoms with van der Waals surface area (Å²) in [5.41, 5.74) is 1.54. The molecule has 0 saturated heterocycles. The monoisotopic (exact) mass is 394 g/mol. The molecule has 29 heavy (non-hydrogen) atoms. The van der Waals surface area contributed by atoms with Gasteiger partial charge in [0, 0.05) is 31.5 Å². The van der Waals surface area contributed by atoms with E-state index < -0.39 is 5.79 Å². The molecule has 6 heteroatoms. The third-order valence-electron chi connectivity index (χ3n) is 5.40. The van der Waals surface area contributed by atoms with E-state index in [9.17, 15) is 9.59 Å². The van der Waals surface area contributed by atoms with Crippen molar-refractivity contribution in [3.63, 3.8) is 0 Å². The predicted molar refractivity (Wildman–Crippen MR) is 110 cm³/mol. The quantitative estimate of drug-likeness (QED) is 0.792. The van der Waals surface area contributed by atoms with Crippen LogP contribution in [-0.2, 0) is 9.59 Å². The zero-order valence-electron chi connectivity index (χ0n) is 16.6. The zero-order valence-corrected chi connectivity index (χ0v) is 16.6. The van der Waals surface area contributed by atoms with Crippen molar-refractivity contribution in [3.8, 4) is 11.5 Å². The Labute approximate surface area is 170 Å². The Hall–Kier alpha value is -3.02. The number of amides is 2. The molecule has 1 unspecified atom stereocenters. The van der Waals surface area contributed by atoms with Crippen LogP contribution in [0, 0.1) is 0 Å². The lowest BCUT2D eigenvalue weighted by Gasteiger charge is -2.31. The van der Waals surface area contributed by atoms with E-state index in [2.05, 4.69) is 10.6 Å². The third-order valence-corrected chi connectivity index (χ3v) is 5.40. The van der Waals surface area contributed by atoms with Crippen molar-refractivity contribution in [1.82, 2.24) is 5.32 Å². The molecule has 0 bridgehead atoms. The molecule has 1 fully saturated rings. The highest BCUT2D eigenvalue weighted by atomic mass is 16.7. The smallest absolute Gasteiger partial charge is 0.251 e. The summed E-state index contributed by atoms with van der Waals surface area (Å²) in [6.07, 6.45) is 5.33. The van der Waals surface area contributed by atoms with Gasteiger partial charge in [-0.15, -0.1) is 0 Å². The minimum Gasteiger partial charge on any atom is -0.448 e. The summed E-state index contributed by atoms with van der Waals surface area (Å²) in [5, 5.41) is 5.76. The summed E-state index contributed by atoms with van der Waals surface area (Å²) < 4.78 is 12.2. The van der Waals surface area contributed by atoms with Crippen molar-refractivity contribution >= 4 is 17.5 Å². The summed E-state index contributed by atoms with van der Waals surface area (Å²) in [6.45, 7) is 1.45. The number of fused-ring (bicyclic) bond motifs is 1. The molecule has 1 heterocycles. The average Bonchev–Trinajstić information content (AvgIpc) is 3.04. The summed E-state index contributed by atoms with van der Waals surface area (Å²) in [7, 11) is 0. The Morgan fingerprint density at radius 2 is 1.72 bits per heavy atom. The lowest BCUT2D eigenvalue weighted by molar-refractivity contribution is -0.120. The number of benzene rings is 2. The van der Waals surface area contributed by atoms with Gasteiger partial charge in [0.2, 0.25) is 11.8 Å². The van der Waals surface area contributed by atoms with E-state index in [0.29, 0.717) is 11.4 Å². The molecular formula is C23H26N2O4. The lowest BCUT2D eigenvalue weighted by Crippen LogP contribution is -2.40. The molecule has 2 N–H and O–H groups in total. The molecule has 1 spiro atoms. The second kappa shape index (κ2) is 8.15. The lowest BCUT2D eigenvalue weighted by atomic mass is 9.94. The van der Waals surface area contributed by atoms with Crippen LogP contribution in [0.3, 0.4) is 0 Å². The summed E-state index contributed by atoms with van der Waals surface area (Å²) in [4.78, 5) is 24.2. The van der Waals surface area contributed by atoms with Crippen molar-refractivity contribution in [3.05, 3.63) is 54.1 Å². The van der Waals surface area contributed by atoms with Crippen LogP contribution >= 0.6 is 0 Å². The number of hydrogen-bond donors (Lipinski definition) is 2. The number of ether oxygens (including phenoxy) is 2. The normalized spacial score (nSPS) is 17.6. The first-order valence-electron chi connectivity index (χ1n) is 10.2. The molecule has 1 aliphatic carbocycles. The van der Waals surface area contributed by atoms with Crippen LogP contribution in [-0.4, -0.2) is 17.6 Å². The van der Waals surface area contributed by atoms with Crippen LogP contribution in [0.15, 0.2) is 48.5 Å². The van der Waals surface area contributed by atoms with E-state index in [4.69, 9.17) is 9.47 Å². The molecule has 1 aliphatic heterocycles. The van der Waals surface area contributed by atoms with E-state index >= 15 is 0 Å². The molecule has 4 rings (SSSR count). The fourth-order valence-electron chi connectivity index (χ4n) is 4.05. The first kappa shape index (κ1) is 19.3. The van der Waals surface area contributed by atoms with Crippen LogP contribution in [0.25, 0.3) is 0 Å². The molecule has 152 valence electrons. The second-order valence-electron chi connectivity index (χ2n) is 7.75. The maximum Gasteiger partial charge on any atom is 0.251 e. The Morgan fingerprint density at radius 3 is 2.45 bits per heavy atom. The van der Waals surface area contributed by atoms with Gasteiger partial charge in [0.25, 0.3) is 5.79 Å². The van der Waals surface area contributed by atoms with Gasteiger partial charge in [-0.05, 0) is 30.5 Å². The Balaban J connectivity index is 1.42. The average molecular weight is 394 g/mol. The fraction of sp³-hybridized carbons (Fsp3) is 0.391. The number of rotatable bonds is 5. The van der Waals surface area contributed by atoms with Gasteiger partial charge in [-0.25, -0.2) is 0 Å². The van der Waals surface area contributed by atoms with Crippen molar-refractivity contribution in [1.29, 1.82) is 0 Å².